The Morgan fingerprint density at radius 1 is 1.20 bits per heavy atom. The second kappa shape index (κ2) is 10.6. The summed E-state index contributed by atoms with van der Waals surface area (Å²) in [6.45, 7) is 5.15. The number of halogens is 5. The van der Waals surface area contributed by atoms with Crippen molar-refractivity contribution < 1.29 is 32.6 Å². The molecule has 0 bridgehead atoms. The largest absolute Gasteiger partial charge is 0.573 e. The predicted molar refractivity (Wildman–Crippen MR) is 128 cm³/mol. The molecule has 0 saturated carbocycles. The van der Waals surface area contributed by atoms with Crippen LogP contribution in [0.3, 0.4) is 0 Å². The van der Waals surface area contributed by atoms with E-state index in [0.29, 0.717) is 32.0 Å². The summed E-state index contributed by atoms with van der Waals surface area (Å²) in [6, 6.07) is 5.33. The quantitative estimate of drug-likeness (QED) is 0.530. The first kappa shape index (κ1) is 27.0. The summed E-state index contributed by atoms with van der Waals surface area (Å²) in [5.74, 6) is -0.675. The fourth-order valence-corrected chi connectivity index (χ4v) is 4.13. The number of aromatic nitrogens is 1. The number of hydrogen-bond donors (Lipinski definition) is 2. The molecular formula is C22H23BrClF3N4O4. The van der Waals surface area contributed by atoms with Gasteiger partial charge in [-0.25, -0.2) is 4.98 Å². The van der Waals surface area contributed by atoms with Crippen LogP contribution < -0.4 is 15.0 Å². The lowest BCUT2D eigenvalue weighted by molar-refractivity contribution is -0.274. The average molecular weight is 580 g/mol. The normalized spacial score (nSPS) is 14.6. The van der Waals surface area contributed by atoms with Crippen molar-refractivity contribution in [3.05, 3.63) is 45.5 Å². The van der Waals surface area contributed by atoms with Gasteiger partial charge < -0.3 is 25.0 Å². The number of aliphatic hydroxyl groups excluding tert-OH is 1. The molecule has 1 aromatic carbocycles. The van der Waals surface area contributed by atoms with Crippen LogP contribution in [-0.2, 0) is 4.79 Å². The van der Waals surface area contributed by atoms with Crippen molar-refractivity contribution in [3.63, 3.8) is 0 Å². The first-order valence-corrected chi connectivity index (χ1v) is 11.7. The fourth-order valence-electron chi connectivity index (χ4n) is 3.36. The molecule has 8 nitrogen and oxygen atoms in total. The standard InChI is InChI=1S/C22H23BrClF3N4O4/c1-21(2,12-32)20(34)31-7-5-30(6-8-31)18-4-3-13(11-28-18)19(33)29-16-10-17(35-22(25,26)27)14(23)9-15(16)24/h3-4,9-11,32H,5-8,12H2,1-2H3,(H,29,33). The van der Waals surface area contributed by atoms with Crippen LogP contribution in [0, 0.1) is 5.41 Å². The van der Waals surface area contributed by atoms with Gasteiger partial charge in [0.25, 0.3) is 5.91 Å². The zero-order chi connectivity index (χ0) is 26.0. The van der Waals surface area contributed by atoms with E-state index in [9.17, 15) is 27.9 Å². The number of carbonyl (C=O) groups is 2. The molecule has 13 heteroatoms. The lowest BCUT2D eigenvalue weighted by atomic mass is 9.92. The van der Waals surface area contributed by atoms with Crippen molar-refractivity contribution in [1.29, 1.82) is 0 Å². The first-order chi connectivity index (χ1) is 16.3. The molecule has 2 amide bonds. The van der Waals surface area contributed by atoms with Crippen LogP contribution >= 0.6 is 27.5 Å². The molecule has 2 aromatic rings. The number of ether oxygens (including phenoxy) is 1. The minimum atomic E-state index is -4.91. The number of carbonyl (C=O) groups excluding carboxylic acids is 2. The molecule has 1 fully saturated rings. The molecule has 0 radical (unpaired) electrons. The van der Waals surface area contributed by atoms with Crippen molar-refractivity contribution in [2.75, 3.05) is 43.0 Å². The van der Waals surface area contributed by atoms with Crippen LogP contribution in [0.1, 0.15) is 24.2 Å². The van der Waals surface area contributed by atoms with Gasteiger partial charge >= 0.3 is 6.36 Å². The Morgan fingerprint density at radius 3 is 2.40 bits per heavy atom. The smallest absolute Gasteiger partial charge is 0.405 e. The van der Waals surface area contributed by atoms with Crippen molar-refractivity contribution >= 4 is 50.9 Å². The van der Waals surface area contributed by atoms with Crippen LogP contribution in [0.5, 0.6) is 5.75 Å². The van der Waals surface area contributed by atoms with Crippen molar-refractivity contribution in [1.82, 2.24) is 9.88 Å². The van der Waals surface area contributed by atoms with E-state index in [2.05, 4.69) is 31.0 Å². The van der Waals surface area contributed by atoms with Crippen molar-refractivity contribution in [3.8, 4) is 5.75 Å². The lowest BCUT2D eigenvalue weighted by Gasteiger charge is -2.38. The SMILES string of the molecule is CC(C)(CO)C(=O)N1CCN(c2ccc(C(=O)Nc3cc(OC(F)(F)F)c(Br)cc3Cl)cn2)CC1. The summed E-state index contributed by atoms with van der Waals surface area (Å²) in [4.78, 5) is 33.1. The maximum atomic E-state index is 12.6. The number of nitrogens with one attached hydrogen (secondary N) is 1. The van der Waals surface area contributed by atoms with E-state index < -0.39 is 23.4 Å². The molecule has 0 aliphatic carbocycles. The monoisotopic (exact) mass is 578 g/mol. The van der Waals surface area contributed by atoms with E-state index in [4.69, 9.17) is 11.6 Å². The number of hydrogen-bond acceptors (Lipinski definition) is 6. The van der Waals surface area contributed by atoms with Crippen molar-refractivity contribution in [2.45, 2.75) is 20.2 Å². The fraction of sp³-hybridized carbons (Fsp3) is 0.409. The second-order valence-electron chi connectivity index (χ2n) is 8.49. The van der Waals surface area contributed by atoms with Gasteiger partial charge in [0, 0.05) is 38.4 Å². The summed E-state index contributed by atoms with van der Waals surface area (Å²) in [6.07, 6.45) is -3.57. The molecule has 0 unspecified atom stereocenters. The second-order valence-corrected chi connectivity index (χ2v) is 9.75. The molecule has 1 saturated heterocycles. The van der Waals surface area contributed by atoms with E-state index in [0.717, 1.165) is 6.07 Å². The van der Waals surface area contributed by atoms with Gasteiger partial charge in [0.1, 0.15) is 11.6 Å². The topological polar surface area (TPSA) is 95.0 Å². The van der Waals surface area contributed by atoms with Gasteiger partial charge in [0.2, 0.25) is 5.91 Å². The number of piperazine rings is 1. The van der Waals surface area contributed by atoms with Crippen LogP contribution in [0.2, 0.25) is 5.02 Å². The maximum absolute atomic E-state index is 12.6. The average Bonchev–Trinajstić information content (AvgIpc) is 2.81. The highest BCUT2D eigenvalue weighted by Crippen LogP contribution is 2.37. The van der Waals surface area contributed by atoms with Gasteiger partial charge in [-0.15, -0.1) is 13.2 Å². The number of amides is 2. The Kier molecular flexibility index (Phi) is 8.17. The predicted octanol–water partition coefficient (Wildman–Crippen LogP) is 4.32. The summed E-state index contributed by atoms with van der Waals surface area (Å²) in [5.41, 5.74) is -0.730. The van der Waals surface area contributed by atoms with Gasteiger partial charge in [0.05, 0.1) is 32.8 Å². The van der Waals surface area contributed by atoms with Gasteiger partial charge in [-0.05, 0) is 48.0 Å². The molecule has 2 heterocycles. The Labute approximate surface area is 213 Å². The zero-order valence-electron chi connectivity index (χ0n) is 18.8. The summed E-state index contributed by atoms with van der Waals surface area (Å²) >= 11 is 9.00. The summed E-state index contributed by atoms with van der Waals surface area (Å²) < 4.78 is 41.7. The number of rotatable bonds is 6. The first-order valence-electron chi connectivity index (χ1n) is 10.5. The minimum Gasteiger partial charge on any atom is -0.405 e. The lowest BCUT2D eigenvalue weighted by Crippen LogP contribution is -2.53. The van der Waals surface area contributed by atoms with E-state index in [-0.39, 0.29) is 33.3 Å². The van der Waals surface area contributed by atoms with Gasteiger partial charge in [-0.3, -0.25) is 9.59 Å². The van der Waals surface area contributed by atoms with E-state index >= 15 is 0 Å². The number of pyridine rings is 1. The molecular weight excluding hydrogens is 557 g/mol. The third-order valence-corrected chi connectivity index (χ3v) is 6.30. The summed E-state index contributed by atoms with van der Waals surface area (Å²) in [7, 11) is 0. The molecule has 190 valence electrons. The molecule has 3 rings (SSSR count). The third-order valence-electron chi connectivity index (χ3n) is 5.37. The van der Waals surface area contributed by atoms with Gasteiger partial charge in [-0.2, -0.15) is 0 Å². The van der Waals surface area contributed by atoms with E-state index in [1.807, 2.05) is 4.90 Å². The number of alkyl halides is 3. The molecule has 35 heavy (non-hydrogen) atoms. The number of nitrogens with zero attached hydrogens (tertiary/aromatic N) is 3. The maximum Gasteiger partial charge on any atom is 0.573 e. The molecule has 0 atom stereocenters. The number of benzene rings is 1. The highest BCUT2D eigenvalue weighted by Gasteiger charge is 2.34. The van der Waals surface area contributed by atoms with Gasteiger partial charge in [0.15, 0.2) is 0 Å². The molecule has 1 aromatic heterocycles. The Balaban J connectivity index is 1.64. The highest BCUT2D eigenvalue weighted by atomic mass is 79.9. The van der Waals surface area contributed by atoms with Crippen LogP contribution in [0.25, 0.3) is 0 Å². The highest BCUT2D eigenvalue weighted by molar-refractivity contribution is 9.10. The van der Waals surface area contributed by atoms with Crippen molar-refractivity contribution in [2.24, 2.45) is 5.41 Å². The minimum absolute atomic E-state index is 0.0149. The van der Waals surface area contributed by atoms with Crippen LogP contribution in [0.15, 0.2) is 34.9 Å². The Hall–Kier alpha value is -2.57. The molecule has 1 aliphatic rings. The zero-order valence-corrected chi connectivity index (χ0v) is 21.2. The Bertz CT molecular complexity index is 1090. The molecule has 2 N–H and O–H groups in total. The van der Waals surface area contributed by atoms with E-state index in [1.54, 1.807) is 24.8 Å². The number of aliphatic hydroxyl groups is 1. The van der Waals surface area contributed by atoms with Crippen LogP contribution in [0.4, 0.5) is 24.7 Å². The molecule has 1 aliphatic heterocycles. The van der Waals surface area contributed by atoms with E-state index in [1.165, 1.54) is 18.3 Å². The number of anilines is 2. The van der Waals surface area contributed by atoms with Crippen LogP contribution in [-0.4, -0.2) is 66.0 Å². The third kappa shape index (κ3) is 6.77. The Morgan fingerprint density at radius 2 is 1.86 bits per heavy atom. The van der Waals surface area contributed by atoms with Gasteiger partial charge in [-0.1, -0.05) is 11.6 Å². The summed E-state index contributed by atoms with van der Waals surface area (Å²) in [5, 5.41) is 11.9. The molecule has 0 spiro atoms.